The number of likely N-dealkylation sites (N-methyl/N-ethyl adjacent to an activating group) is 1. The summed E-state index contributed by atoms with van der Waals surface area (Å²) in [6.45, 7) is 4.78. The molecular weight excluding hydrogens is 398 g/mol. The van der Waals surface area contributed by atoms with Crippen LogP contribution in [0.1, 0.15) is 16.5 Å². The third-order valence-corrected chi connectivity index (χ3v) is 6.18. The molecule has 0 spiro atoms. The number of benzene rings is 1. The molecule has 1 atom stereocenters. The Morgan fingerprint density at radius 1 is 1.12 bits per heavy atom. The van der Waals surface area contributed by atoms with E-state index in [0.717, 1.165) is 38.3 Å². The number of halogens is 1. The quantitative estimate of drug-likeness (QED) is 0.739. The summed E-state index contributed by atoms with van der Waals surface area (Å²) in [6.07, 6.45) is 0. The first-order valence-corrected chi connectivity index (χ1v) is 10.1. The largest absolute Gasteiger partial charge is 0.347 e. The Balaban J connectivity index is 1.66. The van der Waals surface area contributed by atoms with Crippen molar-refractivity contribution in [2.24, 2.45) is 0 Å². The topological polar surface area (TPSA) is 26.8 Å². The first kappa shape index (κ1) is 18.6. The maximum atomic E-state index is 12.8. The van der Waals surface area contributed by atoms with E-state index in [0.29, 0.717) is 0 Å². The number of amides is 1. The summed E-state index contributed by atoms with van der Waals surface area (Å²) in [6, 6.07) is 14.2. The van der Waals surface area contributed by atoms with E-state index < -0.39 is 0 Å². The second-order valence-corrected chi connectivity index (χ2v) is 9.11. The van der Waals surface area contributed by atoms with Gasteiger partial charge in [-0.05, 0) is 33.6 Å². The van der Waals surface area contributed by atoms with Gasteiger partial charge in [0, 0.05) is 51.7 Å². The highest BCUT2D eigenvalue weighted by Crippen LogP contribution is 2.26. The number of carbonyl (C=O) groups excluding carboxylic acids is 1. The first-order valence-electron chi connectivity index (χ1n) is 8.51. The third kappa shape index (κ3) is 4.70. The monoisotopic (exact) mass is 421 g/mol. The highest BCUT2D eigenvalue weighted by molar-refractivity contribution is 9.11. The maximum Gasteiger partial charge on any atom is 0.244 e. The molecule has 0 saturated carbocycles. The second kappa shape index (κ2) is 8.45. The van der Waals surface area contributed by atoms with Crippen molar-refractivity contribution in [3.8, 4) is 0 Å². The minimum atomic E-state index is -0.186. The number of nitrogens with zero attached hydrogens (tertiary/aromatic N) is 3. The molecule has 1 aliphatic heterocycles. The van der Waals surface area contributed by atoms with E-state index in [1.807, 2.05) is 32.3 Å². The van der Waals surface area contributed by atoms with Crippen molar-refractivity contribution in [1.82, 2.24) is 14.7 Å². The Bertz CT molecular complexity index is 696. The van der Waals surface area contributed by atoms with Gasteiger partial charge in [-0.15, -0.1) is 11.3 Å². The molecule has 1 unspecified atom stereocenters. The molecule has 1 aliphatic rings. The van der Waals surface area contributed by atoms with E-state index >= 15 is 0 Å². The molecule has 0 aliphatic carbocycles. The van der Waals surface area contributed by atoms with Gasteiger partial charge in [-0.2, -0.15) is 0 Å². The molecular formula is C19H24BrN3OS. The molecule has 1 saturated heterocycles. The van der Waals surface area contributed by atoms with Gasteiger partial charge in [0.1, 0.15) is 6.04 Å². The summed E-state index contributed by atoms with van der Waals surface area (Å²) in [4.78, 5) is 20.7. The lowest BCUT2D eigenvalue weighted by atomic mass is 10.0. The predicted molar refractivity (Wildman–Crippen MR) is 107 cm³/mol. The van der Waals surface area contributed by atoms with Gasteiger partial charge in [0.05, 0.1) is 3.79 Å². The van der Waals surface area contributed by atoms with Gasteiger partial charge in [-0.25, -0.2) is 0 Å². The van der Waals surface area contributed by atoms with Gasteiger partial charge < -0.3 is 4.90 Å². The van der Waals surface area contributed by atoms with Crippen LogP contribution in [0.15, 0.2) is 46.3 Å². The molecule has 134 valence electrons. The maximum absolute atomic E-state index is 12.8. The average Bonchev–Trinajstić information content (AvgIpc) is 3.02. The van der Waals surface area contributed by atoms with Crippen molar-refractivity contribution in [2.45, 2.75) is 12.6 Å². The van der Waals surface area contributed by atoms with E-state index in [4.69, 9.17) is 0 Å². The smallest absolute Gasteiger partial charge is 0.244 e. The van der Waals surface area contributed by atoms with Crippen LogP contribution in [0.5, 0.6) is 0 Å². The van der Waals surface area contributed by atoms with Crippen molar-refractivity contribution >= 4 is 33.2 Å². The minimum Gasteiger partial charge on any atom is -0.347 e. The Hall–Kier alpha value is -1.21. The van der Waals surface area contributed by atoms with Crippen molar-refractivity contribution < 1.29 is 4.79 Å². The van der Waals surface area contributed by atoms with E-state index in [2.05, 4.69) is 50.0 Å². The lowest BCUT2D eigenvalue weighted by Crippen LogP contribution is -2.50. The van der Waals surface area contributed by atoms with Crippen molar-refractivity contribution in [3.05, 3.63) is 56.7 Å². The molecule has 2 heterocycles. The molecule has 1 aromatic heterocycles. The summed E-state index contributed by atoms with van der Waals surface area (Å²) in [7, 11) is 3.67. The molecule has 3 rings (SSSR count). The Morgan fingerprint density at radius 2 is 1.80 bits per heavy atom. The fraction of sp³-hybridized carbons (Fsp3) is 0.421. The van der Waals surface area contributed by atoms with Crippen LogP contribution < -0.4 is 0 Å². The summed E-state index contributed by atoms with van der Waals surface area (Å²) < 4.78 is 1.18. The van der Waals surface area contributed by atoms with E-state index in [1.54, 1.807) is 16.2 Å². The molecule has 0 N–H and O–H groups in total. The molecule has 0 bridgehead atoms. The normalized spacial score (nSPS) is 17.4. The van der Waals surface area contributed by atoms with Gasteiger partial charge in [0.25, 0.3) is 0 Å². The average molecular weight is 422 g/mol. The van der Waals surface area contributed by atoms with Gasteiger partial charge in [-0.3, -0.25) is 14.6 Å². The highest BCUT2D eigenvalue weighted by atomic mass is 79.9. The number of hydrogen-bond donors (Lipinski definition) is 0. The van der Waals surface area contributed by atoms with Crippen molar-refractivity contribution in [1.29, 1.82) is 0 Å². The summed E-state index contributed by atoms with van der Waals surface area (Å²) >= 11 is 5.33. The molecule has 1 fully saturated rings. The van der Waals surface area contributed by atoms with E-state index in [1.165, 1.54) is 8.66 Å². The van der Waals surface area contributed by atoms with Crippen LogP contribution in [-0.2, 0) is 11.3 Å². The minimum absolute atomic E-state index is 0.154. The molecule has 25 heavy (non-hydrogen) atoms. The predicted octanol–water partition coefficient (Wildman–Crippen LogP) is 3.46. The molecule has 1 amide bonds. The Morgan fingerprint density at radius 3 is 2.36 bits per heavy atom. The van der Waals surface area contributed by atoms with Gasteiger partial charge >= 0.3 is 0 Å². The van der Waals surface area contributed by atoms with E-state index in [9.17, 15) is 4.79 Å². The lowest BCUT2D eigenvalue weighted by molar-refractivity contribution is -0.135. The number of rotatable bonds is 5. The van der Waals surface area contributed by atoms with E-state index in [-0.39, 0.29) is 11.9 Å². The molecule has 2 aromatic rings. The Labute approximate surface area is 162 Å². The fourth-order valence-electron chi connectivity index (χ4n) is 3.23. The fourth-order valence-corrected chi connectivity index (χ4v) is 4.75. The zero-order valence-corrected chi connectivity index (χ0v) is 17.1. The zero-order chi connectivity index (χ0) is 17.8. The van der Waals surface area contributed by atoms with Crippen LogP contribution >= 0.6 is 27.3 Å². The van der Waals surface area contributed by atoms with Crippen LogP contribution in [0.25, 0.3) is 0 Å². The summed E-state index contributed by atoms with van der Waals surface area (Å²) in [5.41, 5.74) is 1.08. The van der Waals surface area contributed by atoms with Crippen LogP contribution in [-0.4, -0.2) is 60.9 Å². The second-order valence-electron chi connectivity index (χ2n) is 6.56. The van der Waals surface area contributed by atoms with Gasteiger partial charge in [0.2, 0.25) is 5.91 Å². The molecule has 6 heteroatoms. The van der Waals surface area contributed by atoms with Crippen LogP contribution in [0.2, 0.25) is 0 Å². The molecule has 0 radical (unpaired) electrons. The van der Waals surface area contributed by atoms with Gasteiger partial charge in [0.15, 0.2) is 0 Å². The number of piperazine rings is 1. The van der Waals surface area contributed by atoms with Crippen molar-refractivity contribution in [2.75, 3.05) is 40.3 Å². The highest BCUT2D eigenvalue weighted by Gasteiger charge is 2.31. The number of thiophene rings is 1. The molecule has 1 aromatic carbocycles. The van der Waals surface area contributed by atoms with Crippen LogP contribution in [0.4, 0.5) is 0 Å². The lowest BCUT2D eigenvalue weighted by Gasteiger charge is -2.39. The number of hydrogen-bond acceptors (Lipinski definition) is 4. The Kier molecular flexibility index (Phi) is 6.28. The summed E-state index contributed by atoms with van der Waals surface area (Å²) in [5.74, 6) is 0.154. The number of carbonyl (C=O) groups is 1. The zero-order valence-electron chi connectivity index (χ0n) is 14.7. The first-order chi connectivity index (χ1) is 12.0. The molecule has 4 nitrogen and oxygen atoms in total. The van der Waals surface area contributed by atoms with Crippen LogP contribution in [0, 0.1) is 0 Å². The summed E-state index contributed by atoms with van der Waals surface area (Å²) in [5, 5.41) is 0. The van der Waals surface area contributed by atoms with Crippen molar-refractivity contribution in [3.63, 3.8) is 0 Å². The third-order valence-electron chi connectivity index (χ3n) is 4.57. The van der Waals surface area contributed by atoms with Gasteiger partial charge in [-0.1, -0.05) is 30.3 Å². The standard InChI is InChI=1S/C19H24BrN3OS/c1-21(2)19(24)18(15-6-4-3-5-7-15)23-12-10-22(11-13-23)14-16-8-9-17(20)25-16/h3-9,18H,10-14H2,1-2H3. The SMILES string of the molecule is CN(C)C(=O)C(c1ccccc1)N1CCN(Cc2ccc(Br)s2)CC1. The van der Waals surface area contributed by atoms with Crippen LogP contribution in [0.3, 0.4) is 0 Å².